The Morgan fingerprint density at radius 1 is 1.38 bits per heavy atom. The van der Waals surface area contributed by atoms with Crippen LogP contribution < -0.4 is 34.9 Å². The van der Waals surface area contributed by atoms with Crippen LogP contribution in [0.15, 0.2) is 29.2 Å². The molecule has 0 unspecified atom stereocenters. The van der Waals surface area contributed by atoms with Crippen molar-refractivity contribution in [3.8, 4) is 0 Å². The van der Waals surface area contributed by atoms with Crippen LogP contribution in [-0.4, -0.2) is 20.0 Å². The summed E-state index contributed by atoms with van der Waals surface area (Å²) in [7, 11) is -2.68. The Morgan fingerprint density at radius 3 is 2.46 bits per heavy atom. The summed E-state index contributed by atoms with van der Waals surface area (Å²) in [6.07, 6.45) is 0. The standard InChI is InChI=1S/C7H9NO3S.Na/c1-8-6-3-2-4-7(5-6)12(9,10)11;/h2-5,8H,1H3,(H,9,10,11);/q;+1/p-1. The normalized spacial score (nSPS) is 10.3. The van der Waals surface area contributed by atoms with E-state index in [1.165, 1.54) is 18.2 Å². The van der Waals surface area contributed by atoms with Crippen molar-refractivity contribution in [2.45, 2.75) is 4.90 Å². The van der Waals surface area contributed by atoms with Crippen molar-refractivity contribution < 1.29 is 42.5 Å². The van der Waals surface area contributed by atoms with Gasteiger partial charge in [0.1, 0.15) is 10.1 Å². The molecular weight excluding hydrogens is 201 g/mol. The minimum absolute atomic E-state index is 0. The number of hydrogen-bond acceptors (Lipinski definition) is 4. The van der Waals surface area contributed by atoms with Crippen molar-refractivity contribution in [3.63, 3.8) is 0 Å². The molecule has 0 aliphatic rings. The summed E-state index contributed by atoms with van der Waals surface area (Å²) in [6, 6.07) is 5.75. The zero-order valence-electron chi connectivity index (χ0n) is 7.44. The Labute approximate surface area is 99.4 Å². The molecule has 0 aliphatic carbocycles. The monoisotopic (exact) mass is 209 g/mol. The Kier molecular flexibility index (Phi) is 4.95. The zero-order valence-corrected chi connectivity index (χ0v) is 10.3. The van der Waals surface area contributed by atoms with Gasteiger partial charge in [-0.1, -0.05) is 6.07 Å². The van der Waals surface area contributed by atoms with E-state index in [0.29, 0.717) is 5.69 Å². The van der Waals surface area contributed by atoms with E-state index >= 15 is 0 Å². The van der Waals surface area contributed by atoms with Gasteiger partial charge in [-0.15, -0.1) is 0 Å². The first kappa shape index (κ1) is 12.9. The summed E-state index contributed by atoms with van der Waals surface area (Å²) in [6.45, 7) is 0. The summed E-state index contributed by atoms with van der Waals surface area (Å²) in [5, 5.41) is 2.74. The Balaban J connectivity index is 0.00000144. The fourth-order valence-corrected chi connectivity index (χ4v) is 1.32. The van der Waals surface area contributed by atoms with Crippen LogP contribution in [0.1, 0.15) is 0 Å². The summed E-state index contributed by atoms with van der Waals surface area (Å²) in [5.41, 5.74) is 0.604. The van der Waals surface area contributed by atoms with Crippen molar-refractivity contribution in [1.82, 2.24) is 0 Å². The van der Waals surface area contributed by atoms with E-state index in [0.717, 1.165) is 0 Å². The molecule has 0 saturated carbocycles. The van der Waals surface area contributed by atoms with Gasteiger partial charge in [0, 0.05) is 12.7 Å². The van der Waals surface area contributed by atoms with Crippen molar-refractivity contribution in [3.05, 3.63) is 24.3 Å². The van der Waals surface area contributed by atoms with Crippen LogP contribution >= 0.6 is 0 Å². The topological polar surface area (TPSA) is 69.2 Å². The Hall–Kier alpha value is -0.0700. The molecule has 1 N–H and O–H groups in total. The number of anilines is 1. The minimum Gasteiger partial charge on any atom is -0.744 e. The van der Waals surface area contributed by atoms with Crippen molar-refractivity contribution in [2.75, 3.05) is 12.4 Å². The molecule has 0 fully saturated rings. The number of nitrogens with one attached hydrogen (secondary N) is 1. The quantitative estimate of drug-likeness (QED) is 0.437. The molecular formula is C7H8NNaO3S. The molecule has 0 heterocycles. The first-order chi connectivity index (χ1) is 5.54. The molecule has 0 bridgehead atoms. The maximum atomic E-state index is 10.5. The van der Waals surface area contributed by atoms with Gasteiger partial charge in [-0.25, -0.2) is 8.42 Å². The van der Waals surface area contributed by atoms with Crippen molar-refractivity contribution in [2.24, 2.45) is 0 Å². The maximum absolute atomic E-state index is 10.5. The molecule has 0 spiro atoms. The van der Waals surface area contributed by atoms with E-state index < -0.39 is 10.1 Å². The second-order valence-corrected chi connectivity index (χ2v) is 3.61. The molecule has 1 aromatic rings. The van der Waals surface area contributed by atoms with Crippen LogP contribution in [0.25, 0.3) is 0 Å². The predicted molar refractivity (Wildman–Crippen MR) is 44.0 cm³/mol. The number of rotatable bonds is 2. The molecule has 4 nitrogen and oxygen atoms in total. The van der Waals surface area contributed by atoms with Gasteiger partial charge in [0.15, 0.2) is 0 Å². The first-order valence-corrected chi connectivity index (χ1v) is 4.68. The molecule has 6 heteroatoms. The zero-order chi connectivity index (χ0) is 9.19. The summed E-state index contributed by atoms with van der Waals surface area (Å²) < 4.78 is 31.6. The molecule has 0 aliphatic heterocycles. The van der Waals surface area contributed by atoms with Crippen LogP contribution in [0, 0.1) is 0 Å². The minimum atomic E-state index is -4.33. The molecule has 66 valence electrons. The molecule has 13 heavy (non-hydrogen) atoms. The summed E-state index contributed by atoms with van der Waals surface area (Å²) in [4.78, 5) is -0.214. The van der Waals surface area contributed by atoms with Gasteiger partial charge in [-0.05, 0) is 18.2 Å². The van der Waals surface area contributed by atoms with Gasteiger partial charge >= 0.3 is 29.6 Å². The van der Waals surface area contributed by atoms with Gasteiger partial charge in [-0.2, -0.15) is 0 Å². The second-order valence-electron chi connectivity index (χ2n) is 2.23. The van der Waals surface area contributed by atoms with Gasteiger partial charge < -0.3 is 9.87 Å². The van der Waals surface area contributed by atoms with Gasteiger partial charge in [0.05, 0.1) is 4.90 Å². The number of hydrogen-bond donors (Lipinski definition) is 1. The van der Waals surface area contributed by atoms with E-state index in [9.17, 15) is 13.0 Å². The Bertz CT molecular complexity index is 377. The van der Waals surface area contributed by atoms with E-state index in [1.807, 2.05) is 0 Å². The third-order valence-electron chi connectivity index (χ3n) is 1.41. The second kappa shape index (κ2) is 4.97. The van der Waals surface area contributed by atoms with Crippen LogP contribution in [0.3, 0.4) is 0 Å². The van der Waals surface area contributed by atoms with Gasteiger partial charge in [0.2, 0.25) is 0 Å². The van der Waals surface area contributed by atoms with Crippen LogP contribution in [0.4, 0.5) is 5.69 Å². The molecule has 0 amide bonds. The smallest absolute Gasteiger partial charge is 0.744 e. The van der Waals surface area contributed by atoms with Gasteiger partial charge in [0.25, 0.3) is 0 Å². The van der Waals surface area contributed by atoms with E-state index in [-0.39, 0.29) is 34.5 Å². The van der Waals surface area contributed by atoms with E-state index in [2.05, 4.69) is 5.32 Å². The molecule has 1 rings (SSSR count). The molecule has 1 aromatic carbocycles. The number of benzene rings is 1. The van der Waals surface area contributed by atoms with Crippen LogP contribution in [0.5, 0.6) is 0 Å². The molecule has 0 atom stereocenters. The van der Waals surface area contributed by atoms with Crippen molar-refractivity contribution >= 4 is 15.8 Å². The van der Waals surface area contributed by atoms with Crippen LogP contribution in [0.2, 0.25) is 0 Å². The summed E-state index contributed by atoms with van der Waals surface area (Å²) in [5.74, 6) is 0. The SMILES string of the molecule is CNc1cccc(S(=O)(=O)[O-])c1.[Na+]. The Morgan fingerprint density at radius 2 is 2.00 bits per heavy atom. The third kappa shape index (κ3) is 3.66. The molecule has 0 radical (unpaired) electrons. The van der Waals surface area contributed by atoms with Crippen LogP contribution in [-0.2, 0) is 10.1 Å². The fourth-order valence-electron chi connectivity index (χ4n) is 0.807. The molecule has 0 saturated heterocycles. The first-order valence-electron chi connectivity index (χ1n) is 3.28. The van der Waals surface area contributed by atoms with Gasteiger partial charge in [-0.3, -0.25) is 0 Å². The van der Waals surface area contributed by atoms with E-state index in [4.69, 9.17) is 0 Å². The average Bonchev–Trinajstić information content (AvgIpc) is 2.03. The maximum Gasteiger partial charge on any atom is 1.00 e. The fraction of sp³-hybridized carbons (Fsp3) is 0.143. The average molecular weight is 209 g/mol. The van der Waals surface area contributed by atoms with Crippen molar-refractivity contribution in [1.29, 1.82) is 0 Å². The molecule has 0 aromatic heterocycles. The van der Waals surface area contributed by atoms with E-state index in [1.54, 1.807) is 13.1 Å². The predicted octanol–water partition coefficient (Wildman–Crippen LogP) is -2.36. The summed E-state index contributed by atoms with van der Waals surface area (Å²) >= 11 is 0. The largest absolute Gasteiger partial charge is 1.00 e. The third-order valence-corrected chi connectivity index (χ3v) is 2.24.